The summed E-state index contributed by atoms with van der Waals surface area (Å²) in [5.74, 6) is -0.499. The summed E-state index contributed by atoms with van der Waals surface area (Å²) in [5, 5.41) is 5.30. The summed E-state index contributed by atoms with van der Waals surface area (Å²) >= 11 is 1.46. The van der Waals surface area contributed by atoms with E-state index in [1.54, 1.807) is 12.3 Å². The van der Waals surface area contributed by atoms with E-state index < -0.39 is 23.8 Å². The lowest BCUT2D eigenvalue weighted by Crippen LogP contribution is -2.52. The number of aromatic amines is 1. The maximum atomic E-state index is 12.8. The fourth-order valence-corrected chi connectivity index (χ4v) is 4.53. The lowest BCUT2D eigenvalue weighted by Gasteiger charge is -2.21. The molecule has 0 spiro atoms. The first-order chi connectivity index (χ1) is 15.8. The first-order valence-corrected chi connectivity index (χ1v) is 12.3. The van der Waals surface area contributed by atoms with E-state index >= 15 is 0 Å². The van der Waals surface area contributed by atoms with Gasteiger partial charge in [0.2, 0.25) is 0 Å². The van der Waals surface area contributed by atoms with Crippen LogP contribution in [0.1, 0.15) is 72.6 Å². The van der Waals surface area contributed by atoms with Crippen LogP contribution >= 0.6 is 11.3 Å². The van der Waals surface area contributed by atoms with Crippen molar-refractivity contribution in [1.82, 2.24) is 31.1 Å². The third kappa shape index (κ3) is 6.10. The molecule has 0 saturated heterocycles. The molecule has 0 aromatic carbocycles. The van der Waals surface area contributed by atoms with E-state index in [0.29, 0.717) is 23.9 Å². The highest BCUT2D eigenvalue weighted by Gasteiger charge is 2.35. The van der Waals surface area contributed by atoms with Gasteiger partial charge in [0, 0.05) is 18.0 Å². The number of H-pyrrole nitrogens is 1. The molecule has 0 aliphatic heterocycles. The van der Waals surface area contributed by atoms with E-state index in [2.05, 4.69) is 36.0 Å². The Labute approximate surface area is 196 Å². The summed E-state index contributed by atoms with van der Waals surface area (Å²) in [6, 6.07) is -0.276. The Hall–Kier alpha value is -2.95. The van der Waals surface area contributed by atoms with Crippen LogP contribution in [0.3, 0.4) is 0 Å². The molecule has 11 heteroatoms. The van der Waals surface area contributed by atoms with Gasteiger partial charge >= 0.3 is 0 Å². The summed E-state index contributed by atoms with van der Waals surface area (Å²) < 4.78 is 0. The van der Waals surface area contributed by atoms with Gasteiger partial charge in [-0.15, -0.1) is 11.3 Å². The zero-order valence-electron chi connectivity index (χ0n) is 19.2. The molecule has 178 valence electrons. The van der Waals surface area contributed by atoms with Gasteiger partial charge in [-0.05, 0) is 50.9 Å². The zero-order valence-corrected chi connectivity index (χ0v) is 20.0. The lowest BCUT2D eigenvalue weighted by atomic mass is 10.0. The average molecular weight is 474 g/mol. The third-order valence-corrected chi connectivity index (χ3v) is 6.67. The number of hydrogen-bond donors (Lipinski definition) is 4. The van der Waals surface area contributed by atoms with Crippen LogP contribution in [0.25, 0.3) is 0 Å². The molecule has 4 N–H and O–H groups in total. The summed E-state index contributed by atoms with van der Waals surface area (Å²) in [6.07, 6.45) is 6.72. The first kappa shape index (κ1) is 23.2. The molecule has 0 bridgehead atoms. The zero-order chi connectivity index (χ0) is 23.5. The SMILES string of the molecule is Cc1nc[nH]c1C(=O)N[C@@H](CC(C)C)C(=O)NNC(=O)c1csc(N(CC2CC2)C2CC2)n1. The van der Waals surface area contributed by atoms with Gasteiger partial charge in [-0.2, -0.15) is 0 Å². The van der Waals surface area contributed by atoms with Crippen molar-refractivity contribution in [3.05, 3.63) is 28.8 Å². The van der Waals surface area contributed by atoms with Crippen LogP contribution in [0, 0.1) is 18.8 Å². The largest absolute Gasteiger partial charge is 0.345 e. The van der Waals surface area contributed by atoms with Crippen molar-refractivity contribution in [2.75, 3.05) is 11.4 Å². The van der Waals surface area contributed by atoms with Crippen molar-refractivity contribution in [1.29, 1.82) is 0 Å². The first-order valence-electron chi connectivity index (χ1n) is 11.4. The molecule has 0 radical (unpaired) electrons. The summed E-state index contributed by atoms with van der Waals surface area (Å²) in [5.41, 5.74) is 6.00. The summed E-state index contributed by atoms with van der Waals surface area (Å²) in [4.78, 5) is 51.5. The number of aromatic nitrogens is 3. The normalized spacial score (nSPS) is 16.4. The number of carbonyl (C=O) groups excluding carboxylic acids is 3. The maximum absolute atomic E-state index is 12.8. The quantitative estimate of drug-likeness (QED) is 0.391. The maximum Gasteiger partial charge on any atom is 0.289 e. The van der Waals surface area contributed by atoms with Crippen LogP contribution < -0.4 is 21.1 Å². The molecular weight excluding hydrogens is 442 g/mol. The Kier molecular flexibility index (Phi) is 6.96. The molecular formula is C22H31N7O3S. The Balaban J connectivity index is 1.33. The summed E-state index contributed by atoms with van der Waals surface area (Å²) in [7, 11) is 0. The molecule has 2 heterocycles. The molecule has 0 unspecified atom stereocenters. The minimum atomic E-state index is -0.810. The number of nitrogens with zero attached hydrogens (tertiary/aromatic N) is 3. The minimum Gasteiger partial charge on any atom is -0.345 e. The number of thiazole rings is 1. The molecule has 3 amide bonds. The van der Waals surface area contributed by atoms with E-state index in [1.165, 1.54) is 43.3 Å². The number of aryl methyl sites for hydroxylation is 1. The highest BCUT2D eigenvalue weighted by atomic mass is 32.1. The predicted molar refractivity (Wildman–Crippen MR) is 125 cm³/mol. The van der Waals surface area contributed by atoms with Gasteiger partial charge in [-0.3, -0.25) is 25.2 Å². The molecule has 2 aliphatic rings. The number of amides is 3. The summed E-state index contributed by atoms with van der Waals surface area (Å²) in [6.45, 7) is 6.62. The van der Waals surface area contributed by atoms with Crippen LogP contribution in [0.4, 0.5) is 5.13 Å². The van der Waals surface area contributed by atoms with Gasteiger partial charge in [-0.1, -0.05) is 13.8 Å². The van der Waals surface area contributed by atoms with Gasteiger partial charge in [0.25, 0.3) is 17.7 Å². The van der Waals surface area contributed by atoms with E-state index in [1.807, 2.05) is 13.8 Å². The fourth-order valence-electron chi connectivity index (χ4n) is 3.64. The number of hydrogen-bond acceptors (Lipinski definition) is 7. The van der Waals surface area contributed by atoms with Gasteiger partial charge in [-0.25, -0.2) is 9.97 Å². The van der Waals surface area contributed by atoms with Crippen molar-refractivity contribution >= 4 is 34.2 Å². The van der Waals surface area contributed by atoms with E-state index in [9.17, 15) is 14.4 Å². The average Bonchev–Trinajstić information content (AvgIpc) is 3.69. The Morgan fingerprint density at radius 2 is 1.94 bits per heavy atom. The van der Waals surface area contributed by atoms with Crippen molar-refractivity contribution in [2.24, 2.45) is 11.8 Å². The molecule has 2 aromatic heterocycles. The molecule has 10 nitrogen and oxygen atoms in total. The van der Waals surface area contributed by atoms with Crippen LogP contribution in [-0.4, -0.2) is 51.3 Å². The lowest BCUT2D eigenvalue weighted by molar-refractivity contribution is -0.124. The molecule has 2 aromatic rings. The van der Waals surface area contributed by atoms with Crippen molar-refractivity contribution < 1.29 is 14.4 Å². The monoisotopic (exact) mass is 473 g/mol. The van der Waals surface area contributed by atoms with Crippen LogP contribution in [0.15, 0.2) is 11.7 Å². The van der Waals surface area contributed by atoms with E-state index in [-0.39, 0.29) is 11.6 Å². The van der Waals surface area contributed by atoms with Crippen LogP contribution in [-0.2, 0) is 4.79 Å². The van der Waals surface area contributed by atoms with Crippen molar-refractivity contribution in [3.63, 3.8) is 0 Å². The van der Waals surface area contributed by atoms with Gasteiger partial charge in [0.05, 0.1) is 12.0 Å². The highest BCUT2D eigenvalue weighted by molar-refractivity contribution is 7.14. The predicted octanol–water partition coefficient (Wildman–Crippen LogP) is 2.16. The number of hydrazine groups is 1. The highest BCUT2D eigenvalue weighted by Crippen LogP contribution is 2.38. The second-order valence-electron chi connectivity index (χ2n) is 9.30. The number of anilines is 1. The van der Waals surface area contributed by atoms with Crippen LogP contribution in [0.5, 0.6) is 0 Å². The Bertz CT molecular complexity index is 1010. The van der Waals surface area contributed by atoms with Crippen molar-refractivity contribution in [3.8, 4) is 0 Å². The van der Waals surface area contributed by atoms with Gasteiger partial charge in [0.15, 0.2) is 5.13 Å². The van der Waals surface area contributed by atoms with Gasteiger partial charge < -0.3 is 15.2 Å². The minimum absolute atomic E-state index is 0.153. The standard InChI is InChI=1S/C22H31N7O3S/c1-12(2)8-16(25-21(32)18-13(3)23-11-24-18)19(30)27-28-20(31)17-10-33-22(26-17)29(15-6-7-15)9-14-4-5-14/h10-12,14-16H,4-9H2,1-3H3,(H,23,24)(H,25,32)(H,27,30)(H,28,31)/t16-/m0/s1. The Morgan fingerprint density at radius 3 is 2.55 bits per heavy atom. The number of nitrogens with one attached hydrogen (secondary N) is 4. The Morgan fingerprint density at radius 1 is 1.18 bits per heavy atom. The third-order valence-electron chi connectivity index (χ3n) is 5.79. The number of imidazole rings is 1. The number of carbonyl (C=O) groups is 3. The molecule has 1 atom stereocenters. The molecule has 2 saturated carbocycles. The second-order valence-corrected chi connectivity index (χ2v) is 10.1. The van der Waals surface area contributed by atoms with Crippen LogP contribution in [0.2, 0.25) is 0 Å². The van der Waals surface area contributed by atoms with Crippen molar-refractivity contribution in [2.45, 2.75) is 65.0 Å². The smallest absolute Gasteiger partial charge is 0.289 e. The molecule has 2 fully saturated rings. The topological polar surface area (TPSA) is 132 Å². The molecule has 4 rings (SSSR count). The second kappa shape index (κ2) is 9.90. The number of rotatable bonds is 10. The fraction of sp³-hybridized carbons (Fsp3) is 0.591. The van der Waals surface area contributed by atoms with E-state index in [0.717, 1.165) is 17.6 Å². The van der Waals surface area contributed by atoms with E-state index in [4.69, 9.17) is 0 Å². The molecule has 2 aliphatic carbocycles. The van der Waals surface area contributed by atoms with Gasteiger partial charge in [0.1, 0.15) is 17.4 Å². The molecule has 33 heavy (non-hydrogen) atoms.